The van der Waals surface area contributed by atoms with Crippen molar-refractivity contribution in [1.82, 2.24) is 9.97 Å². The minimum Gasteiger partial charge on any atom is -0.480 e. The molecule has 16 heavy (non-hydrogen) atoms. The zero-order chi connectivity index (χ0) is 12.3. The topological polar surface area (TPSA) is 109 Å². The molecule has 1 aromatic rings. The summed E-state index contributed by atoms with van der Waals surface area (Å²) in [5.74, 6) is -1.02. The maximum Gasteiger partial charge on any atom is 0.317 e. The molecule has 0 saturated carbocycles. The van der Waals surface area contributed by atoms with Crippen molar-refractivity contribution >= 4 is 23.4 Å². The molecule has 0 aliphatic carbocycles. The molecule has 88 valence electrons. The Bertz CT molecular complexity index is 444. The van der Waals surface area contributed by atoms with Crippen LogP contribution in [-0.2, 0) is 4.79 Å². The number of aliphatic carboxylic acids is 1. The third kappa shape index (κ3) is 2.75. The minimum absolute atomic E-state index is 0.0422. The molecular weight excluding hydrogens is 230 g/mol. The molecule has 0 bridgehead atoms. The molecule has 0 amide bonds. The second-order valence-electron chi connectivity index (χ2n) is 3.57. The lowest BCUT2D eigenvalue weighted by Crippen LogP contribution is -2.23. The van der Waals surface area contributed by atoms with Crippen molar-refractivity contribution in [1.29, 1.82) is 0 Å². The molecule has 0 aliphatic rings. The van der Waals surface area contributed by atoms with Gasteiger partial charge < -0.3 is 15.8 Å². The first-order valence-corrected chi connectivity index (χ1v) is 5.54. The van der Waals surface area contributed by atoms with Crippen molar-refractivity contribution in [3.05, 3.63) is 16.7 Å². The van der Waals surface area contributed by atoms with Gasteiger partial charge in [0, 0.05) is 0 Å². The highest BCUT2D eigenvalue weighted by Gasteiger charge is 2.24. The largest absolute Gasteiger partial charge is 0.480 e. The monoisotopic (exact) mass is 243 g/mol. The second-order valence-corrected chi connectivity index (χ2v) is 4.70. The van der Waals surface area contributed by atoms with E-state index in [2.05, 4.69) is 9.97 Å². The number of nitrogens with one attached hydrogen (secondary N) is 1. The molecule has 0 aromatic carbocycles. The summed E-state index contributed by atoms with van der Waals surface area (Å²) in [4.78, 5) is 28.3. The third-order valence-electron chi connectivity index (χ3n) is 1.94. The Balaban J connectivity index is 2.99. The van der Waals surface area contributed by atoms with E-state index in [0.29, 0.717) is 0 Å². The molecule has 0 aliphatic heterocycles. The number of rotatable bonds is 4. The Hall–Kier alpha value is -1.50. The van der Waals surface area contributed by atoms with E-state index < -0.39 is 16.8 Å². The van der Waals surface area contributed by atoms with E-state index in [-0.39, 0.29) is 16.6 Å². The molecule has 4 N–H and O–H groups in total. The highest BCUT2D eigenvalue weighted by Crippen LogP contribution is 2.28. The summed E-state index contributed by atoms with van der Waals surface area (Å²) in [5, 5.41) is 8.57. The first-order valence-electron chi connectivity index (χ1n) is 4.66. The number of aromatic nitrogens is 2. The molecule has 1 heterocycles. The van der Waals surface area contributed by atoms with Gasteiger partial charge in [-0.2, -0.15) is 0 Å². The lowest BCUT2D eigenvalue weighted by Gasteiger charge is -2.15. The molecule has 1 atom stereocenters. The molecular formula is C9H13N3O3S. The standard InChI is InChI=1S/C9H13N3O3S/c1-4(2)6(9(14)15)16-8-5(10)7(13)11-3-12-8/h3-4,6H,10H2,1-2H3,(H,14,15)(H,11,12,13). The Morgan fingerprint density at radius 2 is 2.25 bits per heavy atom. The van der Waals surface area contributed by atoms with Crippen LogP contribution in [0.3, 0.4) is 0 Å². The van der Waals surface area contributed by atoms with Crippen LogP contribution >= 0.6 is 11.8 Å². The van der Waals surface area contributed by atoms with Crippen molar-refractivity contribution < 1.29 is 9.90 Å². The van der Waals surface area contributed by atoms with E-state index in [0.717, 1.165) is 11.8 Å². The lowest BCUT2D eigenvalue weighted by molar-refractivity contribution is -0.137. The van der Waals surface area contributed by atoms with E-state index >= 15 is 0 Å². The van der Waals surface area contributed by atoms with Gasteiger partial charge in [0.1, 0.15) is 16.0 Å². The van der Waals surface area contributed by atoms with Gasteiger partial charge >= 0.3 is 5.97 Å². The summed E-state index contributed by atoms with van der Waals surface area (Å²) in [7, 11) is 0. The van der Waals surface area contributed by atoms with Crippen LogP contribution in [0.25, 0.3) is 0 Å². The summed E-state index contributed by atoms with van der Waals surface area (Å²) < 4.78 is 0. The average molecular weight is 243 g/mol. The van der Waals surface area contributed by atoms with E-state index in [9.17, 15) is 9.59 Å². The second kappa shape index (κ2) is 5.02. The van der Waals surface area contributed by atoms with Crippen molar-refractivity contribution in [3.63, 3.8) is 0 Å². The van der Waals surface area contributed by atoms with Gasteiger partial charge in [0.2, 0.25) is 0 Å². The fourth-order valence-corrected chi connectivity index (χ4v) is 2.03. The normalized spacial score (nSPS) is 12.7. The molecule has 1 rings (SSSR count). The number of carboxylic acids is 1. The minimum atomic E-state index is -0.943. The van der Waals surface area contributed by atoms with Gasteiger partial charge in [-0.1, -0.05) is 25.6 Å². The summed E-state index contributed by atoms with van der Waals surface area (Å²) in [6, 6.07) is 0. The first kappa shape index (κ1) is 12.6. The van der Waals surface area contributed by atoms with Gasteiger partial charge in [-0.15, -0.1) is 0 Å². The fourth-order valence-electron chi connectivity index (χ4n) is 1.08. The van der Waals surface area contributed by atoms with Gasteiger partial charge in [0.05, 0.1) is 6.33 Å². The van der Waals surface area contributed by atoms with Crippen LogP contribution in [0.1, 0.15) is 13.8 Å². The number of carboxylic acid groups (broad SMARTS) is 1. The van der Waals surface area contributed by atoms with Gasteiger partial charge in [0.15, 0.2) is 0 Å². The van der Waals surface area contributed by atoms with Crippen molar-refractivity contribution in [2.45, 2.75) is 24.1 Å². The van der Waals surface area contributed by atoms with Gasteiger partial charge in [0.25, 0.3) is 5.56 Å². The van der Waals surface area contributed by atoms with Crippen LogP contribution in [0, 0.1) is 5.92 Å². The van der Waals surface area contributed by atoms with Crippen LogP contribution in [0.2, 0.25) is 0 Å². The van der Waals surface area contributed by atoms with Crippen LogP contribution < -0.4 is 11.3 Å². The first-order chi connectivity index (χ1) is 7.43. The van der Waals surface area contributed by atoms with Crippen LogP contribution in [0.5, 0.6) is 0 Å². The van der Waals surface area contributed by atoms with E-state index in [1.54, 1.807) is 13.8 Å². The number of anilines is 1. The maximum absolute atomic E-state index is 11.2. The Kier molecular flexibility index (Phi) is 3.94. The van der Waals surface area contributed by atoms with Crippen LogP contribution in [0.15, 0.2) is 16.1 Å². The predicted molar refractivity (Wildman–Crippen MR) is 61.4 cm³/mol. The van der Waals surface area contributed by atoms with Crippen LogP contribution in [0.4, 0.5) is 5.69 Å². The predicted octanol–water partition coefficient (Wildman–Crippen LogP) is 0.553. The number of carbonyl (C=O) groups is 1. The zero-order valence-corrected chi connectivity index (χ0v) is 9.75. The molecule has 0 spiro atoms. The van der Waals surface area contributed by atoms with E-state index in [1.807, 2.05) is 0 Å². The van der Waals surface area contributed by atoms with Gasteiger partial charge in [-0.3, -0.25) is 9.59 Å². The molecule has 0 saturated heterocycles. The highest BCUT2D eigenvalue weighted by molar-refractivity contribution is 8.00. The SMILES string of the molecule is CC(C)C(Sc1nc[nH]c(=O)c1N)C(=O)O. The molecule has 7 heteroatoms. The lowest BCUT2D eigenvalue weighted by atomic mass is 10.1. The van der Waals surface area contributed by atoms with Crippen molar-refractivity contribution in [2.24, 2.45) is 5.92 Å². The van der Waals surface area contributed by atoms with E-state index in [1.165, 1.54) is 6.33 Å². The van der Waals surface area contributed by atoms with Crippen molar-refractivity contribution in [2.75, 3.05) is 5.73 Å². The number of nitrogen functional groups attached to an aromatic ring is 1. The molecule has 0 fully saturated rings. The van der Waals surface area contributed by atoms with E-state index in [4.69, 9.17) is 10.8 Å². The third-order valence-corrected chi connectivity index (χ3v) is 3.49. The van der Waals surface area contributed by atoms with Gasteiger partial charge in [-0.25, -0.2) is 4.98 Å². The number of nitrogens with zero attached hydrogens (tertiary/aromatic N) is 1. The number of nitrogens with two attached hydrogens (primary N) is 1. The fraction of sp³-hybridized carbons (Fsp3) is 0.444. The molecule has 0 radical (unpaired) electrons. The van der Waals surface area contributed by atoms with Crippen molar-refractivity contribution in [3.8, 4) is 0 Å². The maximum atomic E-state index is 11.2. The molecule has 1 aromatic heterocycles. The smallest absolute Gasteiger partial charge is 0.317 e. The van der Waals surface area contributed by atoms with Crippen LogP contribution in [-0.4, -0.2) is 26.3 Å². The van der Waals surface area contributed by atoms with Gasteiger partial charge in [-0.05, 0) is 5.92 Å². The number of hydrogen-bond acceptors (Lipinski definition) is 5. The molecule has 1 unspecified atom stereocenters. The molecule has 6 nitrogen and oxygen atoms in total. The zero-order valence-electron chi connectivity index (χ0n) is 8.93. The summed E-state index contributed by atoms with van der Waals surface area (Å²) in [6.45, 7) is 3.57. The quantitative estimate of drug-likeness (QED) is 0.526. The number of aromatic amines is 1. The Labute approximate surface area is 96.3 Å². The Morgan fingerprint density at radius 1 is 1.62 bits per heavy atom. The summed E-state index contributed by atoms with van der Waals surface area (Å²) in [5.41, 5.74) is 5.02. The average Bonchev–Trinajstić information content (AvgIpc) is 2.19. The highest BCUT2D eigenvalue weighted by atomic mass is 32.2. The Morgan fingerprint density at radius 3 is 2.75 bits per heavy atom. The summed E-state index contributed by atoms with van der Waals surface area (Å²) in [6.07, 6.45) is 1.21. The number of thioether (sulfide) groups is 1. The number of hydrogen-bond donors (Lipinski definition) is 3. The summed E-state index contributed by atoms with van der Waals surface area (Å²) >= 11 is 0.990. The number of H-pyrrole nitrogens is 1.